The third-order valence-electron chi connectivity index (χ3n) is 4.71. The first-order chi connectivity index (χ1) is 15.7. The van der Waals surface area contributed by atoms with Crippen molar-refractivity contribution in [2.24, 2.45) is 0 Å². The van der Waals surface area contributed by atoms with Gasteiger partial charge in [0.25, 0.3) is 11.8 Å². The highest BCUT2D eigenvalue weighted by Gasteiger charge is 2.38. The summed E-state index contributed by atoms with van der Waals surface area (Å²) in [6, 6.07) is 6.94. The summed E-state index contributed by atoms with van der Waals surface area (Å²) >= 11 is 0. The second-order valence-corrected chi connectivity index (χ2v) is 9.66. The van der Waals surface area contributed by atoms with Crippen LogP contribution in [0.1, 0.15) is 32.7 Å². The van der Waals surface area contributed by atoms with Crippen LogP contribution in [-0.2, 0) is 15.9 Å². The molecule has 0 spiro atoms. The molecular weight excluding hydrogens is 478 g/mol. The van der Waals surface area contributed by atoms with Crippen molar-refractivity contribution in [2.45, 2.75) is 31.8 Å². The lowest BCUT2D eigenvalue weighted by molar-refractivity contribution is -0.142. The first-order valence-electron chi connectivity index (χ1n) is 9.59. The van der Waals surface area contributed by atoms with Crippen LogP contribution < -0.4 is 10.1 Å². The van der Waals surface area contributed by atoms with E-state index in [2.05, 4.69) is 20.5 Å². The number of aromatic nitrogens is 3. The van der Waals surface area contributed by atoms with E-state index in [4.69, 9.17) is 9.52 Å². The number of alkyl halides is 3. The molecule has 0 fully saturated rings. The molecule has 1 atom stereocenters. The number of carbonyl (C=O) groups is 1. The van der Waals surface area contributed by atoms with E-state index in [0.29, 0.717) is 5.56 Å². The second kappa shape index (κ2) is 8.97. The molecule has 0 saturated heterocycles. The molecule has 13 heteroatoms. The van der Waals surface area contributed by atoms with Gasteiger partial charge in [-0.05, 0) is 50.6 Å². The third-order valence-corrected chi connectivity index (χ3v) is 5.86. The fraction of sp³-hybridized carbons (Fsp3) is 0.238. The van der Waals surface area contributed by atoms with Gasteiger partial charge in [0.05, 0.1) is 9.73 Å². The molecule has 1 aromatic carbocycles. The normalized spacial score (nSPS) is 13.3. The van der Waals surface area contributed by atoms with Gasteiger partial charge in [-0.3, -0.25) is 4.79 Å². The highest BCUT2D eigenvalue weighted by molar-refractivity contribution is 7.91. The van der Waals surface area contributed by atoms with Crippen molar-refractivity contribution in [1.82, 2.24) is 15.2 Å². The molecule has 0 bridgehead atoms. The minimum absolute atomic E-state index is 0.0794. The molecule has 180 valence electrons. The average molecular weight is 497 g/mol. The number of carbonyl (C=O) groups excluding carboxylic acids is 1. The molecule has 0 aliphatic carbocycles. The minimum Gasteiger partial charge on any atom is -0.418 e. The number of nitrogens with one attached hydrogen (secondary N) is 2. The Morgan fingerprint density at radius 3 is 2.38 bits per heavy atom. The van der Waals surface area contributed by atoms with E-state index in [1.54, 1.807) is 0 Å². The number of halogens is 4. The summed E-state index contributed by atoms with van der Waals surface area (Å²) in [7, 11) is -3.11. The summed E-state index contributed by atoms with van der Waals surface area (Å²) in [5.41, 5.74) is -1.92. The number of amides is 1. The van der Waals surface area contributed by atoms with Crippen LogP contribution in [0.15, 0.2) is 35.2 Å². The molecule has 3 rings (SSSR count). The molecule has 1 amide bonds. The zero-order chi connectivity index (χ0) is 25.4. The van der Waals surface area contributed by atoms with Gasteiger partial charge in [-0.15, -0.1) is 10.2 Å². The Labute approximate surface area is 192 Å². The number of hydrogen-bond donors (Lipinski definition) is 2. The van der Waals surface area contributed by atoms with Crippen LogP contribution >= 0.6 is 0 Å². The highest BCUT2D eigenvalue weighted by Crippen LogP contribution is 2.35. The van der Waals surface area contributed by atoms with Gasteiger partial charge in [0.1, 0.15) is 5.56 Å². The van der Waals surface area contributed by atoms with Gasteiger partial charge in [-0.2, -0.15) is 22.5 Å². The molecule has 0 aliphatic rings. The van der Waals surface area contributed by atoms with Gasteiger partial charge in [-0.25, -0.2) is 8.99 Å². The van der Waals surface area contributed by atoms with E-state index in [-0.39, 0.29) is 22.0 Å². The standard InChI is InChI=1S/C21H19F4N5O3S/c1-10-8-11(2)19(28-17(10)22)33-20-15(12(3)16(29-30-20)21(23,24)25)18(31)27-13-6-5-7-14(9-13)34(4,26)32/h5-9,26H,1-4H3,(H,27,31). The molecule has 8 nitrogen and oxygen atoms in total. The van der Waals surface area contributed by atoms with Gasteiger partial charge in [0, 0.05) is 28.0 Å². The zero-order valence-corrected chi connectivity index (χ0v) is 19.2. The van der Waals surface area contributed by atoms with E-state index in [1.807, 2.05) is 0 Å². The fourth-order valence-corrected chi connectivity index (χ4v) is 3.71. The number of rotatable bonds is 5. The number of anilines is 1. The predicted molar refractivity (Wildman–Crippen MR) is 115 cm³/mol. The molecule has 0 radical (unpaired) electrons. The van der Waals surface area contributed by atoms with Crippen molar-refractivity contribution in [2.75, 3.05) is 11.6 Å². The van der Waals surface area contributed by atoms with Gasteiger partial charge >= 0.3 is 6.18 Å². The van der Waals surface area contributed by atoms with Crippen molar-refractivity contribution >= 4 is 21.3 Å². The summed E-state index contributed by atoms with van der Waals surface area (Å²) in [5, 5.41) is 8.96. The third kappa shape index (κ3) is 5.30. The van der Waals surface area contributed by atoms with Gasteiger partial charge < -0.3 is 10.1 Å². The van der Waals surface area contributed by atoms with E-state index >= 15 is 0 Å². The summed E-state index contributed by atoms with van der Waals surface area (Å²) in [4.78, 5) is 16.8. The second-order valence-electron chi connectivity index (χ2n) is 7.50. The Balaban J connectivity index is 2.10. The largest absolute Gasteiger partial charge is 0.435 e. The molecule has 2 N–H and O–H groups in total. The smallest absolute Gasteiger partial charge is 0.418 e. The molecule has 2 heterocycles. The number of pyridine rings is 1. The number of ether oxygens (including phenoxy) is 1. The van der Waals surface area contributed by atoms with Crippen molar-refractivity contribution in [3.8, 4) is 11.8 Å². The number of hydrogen-bond acceptors (Lipinski definition) is 7. The Kier molecular flexibility index (Phi) is 6.60. The lowest BCUT2D eigenvalue weighted by atomic mass is 10.1. The molecule has 2 aromatic heterocycles. The molecule has 34 heavy (non-hydrogen) atoms. The molecular formula is C21H19F4N5O3S. The lowest BCUT2D eigenvalue weighted by Gasteiger charge is -2.16. The predicted octanol–water partition coefficient (Wildman–Crippen LogP) is 5.03. The molecule has 0 aliphatic heterocycles. The first-order valence-corrected chi connectivity index (χ1v) is 11.6. The van der Waals surface area contributed by atoms with Gasteiger partial charge in [0.2, 0.25) is 11.8 Å². The molecule has 3 aromatic rings. The van der Waals surface area contributed by atoms with Gasteiger partial charge in [0.15, 0.2) is 5.69 Å². The number of nitrogens with zero attached hydrogens (tertiary/aromatic N) is 3. The van der Waals surface area contributed by atoms with Crippen LogP contribution in [0.2, 0.25) is 0 Å². The Bertz CT molecular complexity index is 1390. The molecule has 0 saturated carbocycles. The highest BCUT2D eigenvalue weighted by atomic mass is 32.2. The number of aryl methyl sites for hydroxylation is 2. The first kappa shape index (κ1) is 25.0. The molecule has 1 unspecified atom stereocenters. The quantitative estimate of drug-likeness (QED) is 0.377. The van der Waals surface area contributed by atoms with E-state index in [9.17, 15) is 26.6 Å². The average Bonchev–Trinajstić information content (AvgIpc) is 2.70. The maximum atomic E-state index is 13.9. The zero-order valence-electron chi connectivity index (χ0n) is 18.4. The summed E-state index contributed by atoms with van der Waals surface area (Å²) in [5.74, 6) is -2.81. The Morgan fingerprint density at radius 2 is 1.76 bits per heavy atom. The van der Waals surface area contributed by atoms with Crippen LogP contribution in [-0.4, -0.2) is 31.6 Å². The van der Waals surface area contributed by atoms with Crippen LogP contribution in [0, 0.1) is 31.5 Å². The van der Waals surface area contributed by atoms with Crippen LogP contribution in [0.4, 0.5) is 23.2 Å². The maximum Gasteiger partial charge on any atom is 0.435 e. The van der Waals surface area contributed by atoms with Crippen LogP contribution in [0.5, 0.6) is 11.8 Å². The number of benzene rings is 1. The van der Waals surface area contributed by atoms with Crippen molar-refractivity contribution < 1.29 is 31.3 Å². The van der Waals surface area contributed by atoms with Crippen LogP contribution in [0.25, 0.3) is 0 Å². The van der Waals surface area contributed by atoms with E-state index in [0.717, 1.165) is 6.92 Å². The summed E-state index contributed by atoms with van der Waals surface area (Å²) in [6.07, 6.45) is -3.73. The summed E-state index contributed by atoms with van der Waals surface area (Å²) < 4.78 is 79.4. The summed E-state index contributed by atoms with van der Waals surface area (Å²) in [6.45, 7) is 4.03. The SMILES string of the molecule is Cc1cc(C)c(Oc2nnc(C(F)(F)F)c(C)c2C(=O)Nc2cccc(S(C)(=N)=O)c2)nc1F. The fourth-order valence-electron chi connectivity index (χ4n) is 3.02. The van der Waals surface area contributed by atoms with Crippen molar-refractivity contribution in [3.63, 3.8) is 0 Å². The van der Waals surface area contributed by atoms with Crippen molar-refractivity contribution in [1.29, 1.82) is 4.78 Å². The van der Waals surface area contributed by atoms with Gasteiger partial charge in [-0.1, -0.05) is 6.07 Å². The van der Waals surface area contributed by atoms with Crippen LogP contribution in [0.3, 0.4) is 0 Å². The van der Waals surface area contributed by atoms with E-state index in [1.165, 1.54) is 50.4 Å². The maximum absolute atomic E-state index is 13.9. The monoisotopic (exact) mass is 497 g/mol. The Morgan fingerprint density at radius 1 is 1.09 bits per heavy atom. The lowest BCUT2D eigenvalue weighted by Crippen LogP contribution is -2.21. The van der Waals surface area contributed by atoms with E-state index < -0.39 is 50.5 Å². The minimum atomic E-state index is -4.91. The topological polar surface area (TPSA) is 118 Å². The van der Waals surface area contributed by atoms with Crippen molar-refractivity contribution in [3.05, 3.63) is 64.2 Å². The Hall–Kier alpha value is -3.61.